The molecule has 1 aromatic carbocycles. The average Bonchev–Trinajstić information content (AvgIpc) is 3.35. The van der Waals surface area contributed by atoms with Crippen LogP contribution in [0.3, 0.4) is 0 Å². The molecule has 3 aliphatic heterocycles. The highest BCUT2D eigenvalue weighted by Crippen LogP contribution is 2.37. The Morgan fingerprint density at radius 1 is 1.05 bits per heavy atom. The predicted molar refractivity (Wildman–Crippen MR) is 146 cm³/mol. The van der Waals surface area contributed by atoms with Crippen LogP contribution in [0.1, 0.15) is 41.3 Å². The molecule has 0 N–H and O–H groups in total. The van der Waals surface area contributed by atoms with E-state index >= 15 is 0 Å². The van der Waals surface area contributed by atoms with Crippen LogP contribution < -0.4 is 0 Å². The van der Waals surface area contributed by atoms with E-state index in [2.05, 4.69) is 44.9 Å². The van der Waals surface area contributed by atoms with Crippen LogP contribution in [0.4, 0.5) is 13.2 Å². The third kappa shape index (κ3) is 5.47. The first-order chi connectivity index (χ1) is 18.9. The van der Waals surface area contributed by atoms with Gasteiger partial charge in [0.25, 0.3) is 0 Å². The Labute approximate surface area is 228 Å². The van der Waals surface area contributed by atoms with Crippen molar-refractivity contribution in [3.05, 3.63) is 89.0 Å². The van der Waals surface area contributed by atoms with Gasteiger partial charge in [0.1, 0.15) is 11.7 Å². The zero-order chi connectivity index (χ0) is 27.0. The summed E-state index contributed by atoms with van der Waals surface area (Å²) in [4.78, 5) is 19.0. The summed E-state index contributed by atoms with van der Waals surface area (Å²) in [6, 6.07) is 9.92. The number of pyridine rings is 1. The van der Waals surface area contributed by atoms with Gasteiger partial charge in [-0.3, -0.25) is 14.9 Å². The van der Waals surface area contributed by atoms with Crippen molar-refractivity contribution < 1.29 is 13.2 Å². The van der Waals surface area contributed by atoms with Crippen LogP contribution >= 0.6 is 0 Å². The molecule has 1 aliphatic carbocycles. The molecule has 1 aromatic heterocycles. The highest BCUT2D eigenvalue weighted by atomic mass is 19.4. The van der Waals surface area contributed by atoms with Gasteiger partial charge in [-0.05, 0) is 61.7 Å². The quantitative estimate of drug-likeness (QED) is 0.534. The minimum absolute atomic E-state index is 0.0442. The van der Waals surface area contributed by atoms with Crippen molar-refractivity contribution in [1.82, 2.24) is 24.6 Å². The second-order valence-electron chi connectivity index (χ2n) is 11.0. The molecule has 4 aliphatic rings. The number of halogens is 3. The smallest absolute Gasteiger partial charge is 0.355 e. The van der Waals surface area contributed by atoms with E-state index in [4.69, 9.17) is 9.98 Å². The Balaban J connectivity index is 1.27. The van der Waals surface area contributed by atoms with Crippen molar-refractivity contribution in [2.45, 2.75) is 44.1 Å². The number of rotatable bonds is 6. The maximum Gasteiger partial charge on any atom is 0.416 e. The first-order valence-electron chi connectivity index (χ1n) is 13.9. The molecule has 2 aromatic rings. The molecule has 39 heavy (non-hydrogen) atoms. The van der Waals surface area contributed by atoms with E-state index in [0.717, 1.165) is 63.5 Å². The summed E-state index contributed by atoms with van der Waals surface area (Å²) >= 11 is 0. The van der Waals surface area contributed by atoms with Gasteiger partial charge in [0.2, 0.25) is 0 Å². The Morgan fingerprint density at radius 2 is 1.87 bits per heavy atom. The van der Waals surface area contributed by atoms with Gasteiger partial charge in [0.05, 0.1) is 23.3 Å². The second kappa shape index (κ2) is 10.8. The molecular formula is C30H35F3N6. The van der Waals surface area contributed by atoms with Crippen molar-refractivity contribution in [1.29, 1.82) is 0 Å². The monoisotopic (exact) mass is 536 g/mol. The summed E-state index contributed by atoms with van der Waals surface area (Å²) in [6.45, 7) is 5.46. The van der Waals surface area contributed by atoms with Crippen LogP contribution in [-0.4, -0.2) is 82.8 Å². The Kier molecular flexibility index (Phi) is 7.20. The number of hydrogen-bond acceptors (Lipinski definition) is 6. The summed E-state index contributed by atoms with van der Waals surface area (Å²) < 4.78 is 41.8. The molecule has 0 radical (unpaired) electrons. The molecular weight excluding hydrogens is 501 g/mol. The van der Waals surface area contributed by atoms with E-state index in [1.165, 1.54) is 23.5 Å². The summed E-state index contributed by atoms with van der Waals surface area (Å²) in [5.74, 6) is 2.11. The van der Waals surface area contributed by atoms with Crippen LogP contribution in [0.2, 0.25) is 0 Å². The first kappa shape index (κ1) is 26.1. The van der Waals surface area contributed by atoms with E-state index in [1.54, 1.807) is 18.3 Å². The van der Waals surface area contributed by atoms with Crippen LogP contribution in [0.5, 0.6) is 0 Å². The van der Waals surface area contributed by atoms with Gasteiger partial charge in [-0.2, -0.15) is 13.2 Å². The van der Waals surface area contributed by atoms with Crippen molar-refractivity contribution in [2.24, 2.45) is 4.99 Å². The van der Waals surface area contributed by atoms with Crippen molar-refractivity contribution in [2.75, 3.05) is 46.3 Å². The molecule has 0 spiro atoms. The molecule has 6 nitrogen and oxygen atoms in total. The number of aliphatic imine (C=N–C) groups is 1. The van der Waals surface area contributed by atoms with Crippen LogP contribution in [0.15, 0.2) is 71.6 Å². The maximum absolute atomic E-state index is 13.9. The molecule has 2 atom stereocenters. The van der Waals surface area contributed by atoms with E-state index in [-0.39, 0.29) is 18.6 Å². The summed E-state index contributed by atoms with van der Waals surface area (Å²) in [5, 5.41) is 0. The van der Waals surface area contributed by atoms with Gasteiger partial charge >= 0.3 is 6.18 Å². The van der Waals surface area contributed by atoms with Gasteiger partial charge in [-0.15, -0.1) is 0 Å². The van der Waals surface area contributed by atoms with E-state index < -0.39 is 11.7 Å². The standard InChI is InChI=1S/C30H35F3N6/c1-36-15-17-37(18-16-36)28-13-5-12-27-35-24(21-39(27)28)20-38(19-23-7-2-3-10-25(23)30(31,32)33)26-11-4-8-22-9-6-14-34-29(22)26/h2-3,5-7,9-10,12-14,24,26H,4,8,11,15-21H2,1H3/t24?,26-/m0/s1. The highest BCUT2D eigenvalue weighted by molar-refractivity contribution is 5.96. The maximum atomic E-state index is 13.9. The lowest BCUT2D eigenvalue weighted by molar-refractivity contribution is -0.138. The molecule has 0 bridgehead atoms. The molecule has 1 saturated heterocycles. The lowest BCUT2D eigenvalue weighted by atomic mass is 9.90. The molecule has 0 amide bonds. The minimum Gasteiger partial charge on any atom is -0.355 e. The van der Waals surface area contributed by atoms with E-state index in [0.29, 0.717) is 12.1 Å². The number of alkyl halides is 3. The SMILES string of the molecule is CN1CCN(C2=CC=CC3=NC(CN(Cc4ccccc4C(F)(F)F)[C@H]4CCCc5cccnc54)CN23)CC1. The van der Waals surface area contributed by atoms with Gasteiger partial charge in [-0.1, -0.05) is 30.3 Å². The summed E-state index contributed by atoms with van der Waals surface area (Å²) in [6.07, 6.45) is 6.48. The van der Waals surface area contributed by atoms with Crippen molar-refractivity contribution >= 4 is 5.84 Å². The molecule has 9 heteroatoms. The van der Waals surface area contributed by atoms with Gasteiger partial charge < -0.3 is 14.7 Å². The number of benzene rings is 1. The third-order valence-electron chi connectivity index (χ3n) is 8.33. The van der Waals surface area contributed by atoms with Gasteiger partial charge in [0.15, 0.2) is 0 Å². The first-order valence-corrected chi connectivity index (χ1v) is 13.9. The highest BCUT2D eigenvalue weighted by Gasteiger charge is 2.37. The number of hydrogen-bond donors (Lipinski definition) is 0. The topological polar surface area (TPSA) is 38.2 Å². The number of aryl methyl sites for hydroxylation is 1. The van der Waals surface area contributed by atoms with E-state index in [9.17, 15) is 13.2 Å². The Bertz CT molecular complexity index is 1280. The van der Waals surface area contributed by atoms with E-state index in [1.807, 2.05) is 12.1 Å². The fourth-order valence-electron chi connectivity index (χ4n) is 6.33. The molecule has 206 valence electrons. The van der Waals surface area contributed by atoms with Crippen LogP contribution in [0, 0.1) is 0 Å². The number of likely N-dealkylation sites (N-methyl/N-ethyl adjacent to an activating group) is 1. The molecule has 1 unspecified atom stereocenters. The van der Waals surface area contributed by atoms with Crippen molar-refractivity contribution in [3.8, 4) is 0 Å². The van der Waals surface area contributed by atoms with Crippen LogP contribution in [-0.2, 0) is 19.1 Å². The fraction of sp³-hybridized carbons (Fsp3) is 0.467. The number of allylic oxidation sites excluding steroid dienone is 2. The summed E-state index contributed by atoms with van der Waals surface area (Å²) in [5.41, 5.74) is 1.93. The molecule has 6 rings (SSSR count). The lowest BCUT2D eigenvalue weighted by Gasteiger charge is -2.40. The molecule has 4 heterocycles. The number of aromatic nitrogens is 1. The second-order valence-corrected chi connectivity index (χ2v) is 11.0. The zero-order valence-corrected chi connectivity index (χ0v) is 22.3. The molecule has 0 saturated carbocycles. The fourth-order valence-corrected chi connectivity index (χ4v) is 6.33. The van der Waals surface area contributed by atoms with Gasteiger partial charge in [-0.25, -0.2) is 0 Å². The minimum atomic E-state index is -4.40. The number of nitrogens with zero attached hydrogens (tertiary/aromatic N) is 6. The number of amidine groups is 1. The largest absolute Gasteiger partial charge is 0.416 e. The van der Waals surface area contributed by atoms with Crippen LogP contribution in [0.25, 0.3) is 0 Å². The summed E-state index contributed by atoms with van der Waals surface area (Å²) in [7, 11) is 2.15. The number of piperazine rings is 1. The Morgan fingerprint density at radius 3 is 2.69 bits per heavy atom. The normalized spacial score (nSPS) is 23.5. The third-order valence-corrected chi connectivity index (χ3v) is 8.33. The predicted octanol–water partition coefficient (Wildman–Crippen LogP) is 4.72. The lowest BCUT2D eigenvalue weighted by Crippen LogP contribution is -2.48. The molecule has 1 fully saturated rings. The zero-order valence-electron chi connectivity index (χ0n) is 22.3. The van der Waals surface area contributed by atoms with Gasteiger partial charge in [0, 0.05) is 52.0 Å². The Hall–Kier alpha value is -3.17. The van der Waals surface area contributed by atoms with Crippen molar-refractivity contribution in [3.63, 3.8) is 0 Å². The average molecular weight is 537 g/mol. The number of fused-ring (bicyclic) bond motifs is 2.